The van der Waals surface area contributed by atoms with Crippen LogP contribution >= 0.6 is 63.7 Å². The maximum absolute atomic E-state index is 11.7. The topological polar surface area (TPSA) is 140 Å². The van der Waals surface area contributed by atoms with Crippen molar-refractivity contribution in [1.82, 2.24) is 0 Å². The van der Waals surface area contributed by atoms with E-state index in [1.54, 1.807) is 12.1 Å². The van der Waals surface area contributed by atoms with E-state index in [0.717, 1.165) is 12.4 Å². The molecule has 2 rings (SSSR count). The van der Waals surface area contributed by atoms with E-state index < -0.39 is 24.0 Å². The van der Waals surface area contributed by atoms with Gasteiger partial charge in [-0.3, -0.25) is 9.98 Å². The minimum atomic E-state index is -1.78. The van der Waals surface area contributed by atoms with Crippen molar-refractivity contribution in [2.45, 2.75) is 12.1 Å². The first-order valence-electron chi connectivity index (χ1n) is 7.89. The lowest BCUT2D eigenvalue weighted by molar-refractivity contribution is -0.146. The lowest BCUT2D eigenvalue weighted by Crippen LogP contribution is -2.37. The van der Waals surface area contributed by atoms with Crippen LogP contribution in [0.3, 0.4) is 0 Å². The van der Waals surface area contributed by atoms with Crippen LogP contribution in [0.25, 0.3) is 0 Å². The van der Waals surface area contributed by atoms with Crippen LogP contribution in [-0.4, -0.2) is 56.9 Å². The number of phenolic OH excluding ortho intramolecular Hbond substituents is 2. The highest BCUT2D eigenvalue weighted by Gasteiger charge is 2.33. The number of carboxylic acid groups (broad SMARTS) is 2. The molecule has 0 unspecified atom stereocenters. The molecule has 0 radical (unpaired) electrons. The fraction of sp³-hybridized carbons (Fsp3) is 0.111. The van der Waals surface area contributed by atoms with Crippen LogP contribution < -0.4 is 0 Å². The average molecular weight is 672 g/mol. The van der Waals surface area contributed by atoms with Crippen molar-refractivity contribution in [1.29, 1.82) is 0 Å². The van der Waals surface area contributed by atoms with E-state index in [1.165, 1.54) is 12.1 Å². The summed E-state index contributed by atoms with van der Waals surface area (Å²) in [7, 11) is 0. The molecule has 0 saturated heterocycles. The summed E-state index contributed by atoms with van der Waals surface area (Å²) in [4.78, 5) is 31.0. The minimum absolute atomic E-state index is 0.171. The number of halogens is 4. The van der Waals surface area contributed by atoms with Gasteiger partial charge >= 0.3 is 11.9 Å². The van der Waals surface area contributed by atoms with Crippen molar-refractivity contribution in [3.05, 3.63) is 53.3 Å². The first-order chi connectivity index (χ1) is 14.0. The number of hydrogen-bond donors (Lipinski definition) is 4. The zero-order valence-corrected chi connectivity index (χ0v) is 21.0. The maximum atomic E-state index is 11.7. The number of aliphatic carboxylic acids is 2. The maximum Gasteiger partial charge on any atom is 0.331 e. The van der Waals surface area contributed by atoms with Crippen molar-refractivity contribution in [3.8, 4) is 11.5 Å². The Morgan fingerprint density at radius 3 is 1.37 bits per heavy atom. The van der Waals surface area contributed by atoms with Gasteiger partial charge < -0.3 is 20.4 Å². The molecule has 2 aromatic carbocycles. The molecule has 2 atom stereocenters. The van der Waals surface area contributed by atoms with Crippen molar-refractivity contribution in [3.63, 3.8) is 0 Å². The van der Waals surface area contributed by atoms with Crippen LogP contribution in [0.4, 0.5) is 0 Å². The van der Waals surface area contributed by atoms with Crippen LogP contribution in [0, 0.1) is 0 Å². The summed E-state index contributed by atoms with van der Waals surface area (Å²) in [5.74, 6) is -3.43. The summed E-state index contributed by atoms with van der Waals surface area (Å²) in [6.45, 7) is 0. The number of aromatic hydroxyl groups is 2. The zero-order chi connectivity index (χ0) is 22.6. The smallest absolute Gasteiger partial charge is 0.331 e. The second-order valence-corrected chi connectivity index (χ2v) is 9.31. The summed E-state index contributed by atoms with van der Waals surface area (Å²) in [6.07, 6.45) is 2.12. The van der Waals surface area contributed by atoms with Crippen molar-refractivity contribution in [2.24, 2.45) is 9.98 Å². The predicted molar refractivity (Wildman–Crippen MR) is 125 cm³/mol. The standard InChI is InChI=1S/C18H12Br4N2O6/c19-9-1-7(15(25)11(21)3-9)5-23-13(17(27)28)14(18(29)30)24-6-8-2-10(20)4-12(22)16(8)26/h1-6,13-14,25-26H,(H,27,28)(H,29,30)/t13-,14-/m0/s1. The molecule has 12 heteroatoms. The number of aliphatic imine (C=N–C) groups is 2. The lowest BCUT2D eigenvalue weighted by Gasteiger charge is -2.13. The summed E-state index contributed by atoms with van der Waals surface area (Å²) in [5, 5.41) is 39.1. The molecular formula is C18H12Br4N2O6. The normalized spacial score (nSPS) is 13.6. The number of carbonyl (C=O) groups is 2. The van der Waals surface area contributed by atoms with Crippen LogP contribution in [-0.2, 0) is 9.59 Å². The quantitative estimate of drug-likeness (QED) is 0.318. The van der Waals surface area contributed by atoms with Gasteiger partial charge in [0, 0.05) is 32.5 Å². The zero-order valence-electron chi connectivity index (χ0n) is 14.6. The second kappa shape index (κ2) is 10.5. The Morgan fingerprint density at radius 1 is 0.733 bits per heavy atom. The van der Waals surface area contributed by atoms with Crippen molar-refractivity contribution in [2.75, 3.05) is 0 Å². The van der Waals surface area contributed by atoms with E-state index in [-0.39, 0.29) is 22.6 Å². The molecule has 0 aliphatic carbocycles. The third-order valence-corrected chi connectivity index (χ3v) is 5.79. The molecule has 0 bridgehead atoms. The molecule has 0 aromatic heterocycles. The van der Waals surface area contributed by atoms with E-state index in [0.29, 0.717) is 17.9 Å². The summed E-state index contributed by atoms with van der Waals surface area (Å²) in [6, 6.07) is 2.56. The highest BCUT2D eigenvalue weighted by molar-refractivity contribution is 9.11. The Hall–Kier alpha value is -1.76. The molecule has 0 fully saturated rings. The number of carboxylic acids is 2. The van der Waals surface area contributed by atoms with Gasteiger partial charge in [0.15, 0.2) is 12.1 Å². The van der Waals surface area contributed by atoms with Crippen LogP contribution in [0.2, 0.25) is 0 Å². The number of phenols is 2. The first kappa shape index (κ1) is 24.5. The van der Waals surface area contributed by atoms with Crippen molar-refractivity contribution < 1.29 is 30.0 Å². The van der Waals surface area contributed by atoms with Gasteiger partial charge in [0.25, 0.3) is 0 Å². The summed E-state index contributed by atoms with van der Waals surface area (Å²) in [5.41, 5.74) is 0.341. The Kier molecular flexibility index (Phi) is 8.59. The highest BCUT2D eigenvalue weighted by atomic mass is 79.9. The van der Waals surface area contributed by atoms with E-state index in [9.17, 15) is 30.0 Å². The molecular weight excluding hydrogens is 660 g/mol. The van der Waals surface area contributed by atoms with E-state index in [2.05, 4.69) is 73.7 Å². The van der Waals surface area contributed by atoms with Gasteiger partial charge in [0.05, 0.1) is 8.95 Å². The molecule has 2 aromatic rings. The fourth-order valence-electron chi connectivity index (χ4n) is 2.25. The van der Waals surface area contributed by atoms with Gasteiger partial charge in [-0.25, -0.2) is 9.59 Å². The summed E-state index contributed by atoms with van der Waals surface area (Å²) < 4.78 is 1.86. The number of rotatable bonds is 7. The first-order valence-corrected chi connectivity index (χ1v) is 11.1. The predicted octanol–water partition coefficient (Wildman–Crippen LogP) is 4.59. The molecule has 0 spiro atoms. The molecule has 0 aliphatic rings. The van der Waals surface area contributed by atoms with Crippen LogP contribution in [0.5, 0.6) is 11.5 Å². The van der Waals surface area contributed by atoms with Gasteiger partial charge in [-0.2, -0.15) is 0 Å². The van der Waals surface area contributed by atoms with Gasteiger partial charge in [-0.1, -0.05) is 31.9 Å². The molecule has 158 valence electrons. The Balaban J connectivity index is 2.43. The molecule has 0 amide bonds. The number of benzene rings is 2. The number of hydrogen-bond acceptors (Lipinski definition) is 6. The largest absolute Gasteiger partial charge is 0.506 e. The third kappa shape index (κ3) is 6.13. The fourth-order valence-corrected chi connectivity index (χ4v) is 4.77. The van der Waals surface area contributed by atoms with Gasteiger partial charge in [0.1, 0.15) is 11.5 Å². The average Bonchev–Trinajstić information content (AvgIpc) is 2.64. The molecule has 0 saturated carbocycles. The van der Waals surface area contributed by atoms with Crippen LogP contribution in [0.15, 0.2) is 52.1 Å². The van der Waals surface area contributed by atoms with E-state index in [4.69, 9.17) is 0 Å². The highest BCUT2D eigenvalue weighted by Crippen LogP contribution is 2.32. The molecule has 0 aliphatic heterocycles. The van der Waals surface area contributed by atoms with E-state index >= 15 is 0 Å². The van der Waals surface area contributed by atoms with Crippen LogP contribution in [0.1, 0.15) is 11.1 Å². The lowest BCUT2D eigenvalue weighted by atomic mass is 10.1. The SMILES string of the molecule is O=C(O)[C@@H](N=Cc1cc(Br)cc(Br)c1O)[C@H](N=Cc1cc(Br)cc(Br)c1O)C(=O)O. The van der Waals surface area contributed by atoms with Crippen molar-refractivity contribution >= 4 is 88.1 Å². The monoisotopic (exact) mass is 668 g/mol. The number of nitrogens with zero attached hydrogens (tertiary/aromatic N) is 2. The Labute approximate surface area is 203 Å². The molecule has 0 heterocycles. The van der Waals surface area contributed by atoms with Gasteiger partial charge in [-0.15, -0.1) is 0 Å². The Bertz CT molecular complexity index is 974. The van der Waals surface area contributed by atoms with Gasteiger partial charge in [-0.05, 0) is 56.1 Å². The summed E-state index contributed by atoms with van der Waals surface area (Å²) >= 11 is 12.8. The third-order valence-electron chi connectivity index (χ3n) is 3.67. The molecule has 8 nitrogen and oxygen atoms in total. The molecule has 30 heavy (non-hydrogen) atoms. The van der Waals surface area contributed by atoms with Gasteiger partial charge in [0.2, 0.25) is 0 Å². The van der Waals surface area contributed by atoms with E-state index in [1.807, 2.05) is 0 Å². The second-order valence-electron chi connectivity index (χ2n) is 5.77. The minimum Gasteiger partial charge on any atom is -0.506 e. The molecule has 4 N–H and O–H groups in total. The Morgan fingerprint density at radius 2 is 1.07 bits per heavy atom.